The quantitative estimate of drug-likeness (QED) is 0.387. The van der Waals surface area contributed by atoms with Gasteiger partial charge in [-0.05, 0) is 23.6 Å². The Kier molecular flexibility index (Phi) is 4.20. The maximum absolute atomic E-state index is 8.59. The number of ether oxygens (including phenoxy) is 1. The highest BCUT2D eigenvalue weighted by atomic mass is 16.5. The summed E-state index contributed by atoms with van der Waals surface area (Å²) < 4.78 is 5.78. The number of hydrogen-bond donors (Lipinski definition) is 2. The van der Waals surface area contributed by atoms with E-state index >= 15 is 0 Å². The fourth-order valence-corrected chi connectivity index (χ4v) is 1.81. The molecule has 0 fully saturated rings. The molecular weight excluding hydrogens is 254 g/mol. The molecule has 0 aliphatic heterocycles. The van der Waals surface area contributed by atoms with Gasteiger partial charge >= 0.3 is 0 Å². The van der Waals surface area contributed by atoms with E-state index in [0.29, 0.717) is 17.4 Å². The summed E-state index contributed by atoms with van der Waals surface area (Å²) in [6.07, 6.45) is 1.50. The van der Waals surface area contributed by atoms with E-state index in [1.165, 1.54) is 6.20 Å². The molecule has 0 aliphatic rings. The highest BCUT2D eigenvalue weighted by molar-refractivity contribution is 5.96. The van der Waals surface area contributed by atoms with Gasteiger partial charge in [0.15, 0.2) is 5.84 Å². The van der Waals surface area contributed by atoms with Crippen LogP contribution >= 0.6 is 0 Å². The second kappa shape index (κ2) is 6.06. The SMILES string of the molecule is CC(C)c1ccccc1Oc1ccc(/C(N)=N/O)cn1. The van der Waals surface area contributed by atoms with Crippen LogP contribution in [0.1, 0.15) is 30.9 Å². The first-order valence-corrected chi connectivity index (χ1v) is 6.32. The topological polar surface area (TPSA) is 80.7 Å². The summed E-state index contributed by atoms with van der Waals surface area (Å²) in [5.74, 6) is 1.63. The Morgan fingerprint density at radius 3 is 2.60 bits per heavy atom. The van der Waals surface area contributed by atoms with E-state index in [4.69, 9.17) is 15.7 Å². The molecule has 1 aromatic heterocycles. The molecule has 0 bridgehead atoms. The number of amidine groups is 1. The van der Waals surface area contributed by atoms with E-state index in [1.54, 1.807) is 12.1 Å². The van der Waals surface area contributed by atoms with Crippen molar-refractivity contribution in [3.05, 3.63) is 53.7 Å². The lowest BCUT2D eigenvalue weighted by Crippen LogP contribution is -2.13. The molecule has 0 saturated heterocycles. The summed E-state index contributed by atoms with van der Waals surface area (Å²) in [4.78, 5) is 4.15. The highest BCUT2D eigenvalue weighted by Gasteiger charge is 2.08. The number of oxime groups is 1. The second-order valence-corrected chi connectivity index (χ2v) is 4.66. The van der Waals surface area contributed by atoms with Crippen LogP contribution in [0.3, 0.4) is 0 Å². The van der Waals surface area contributed by atoms with Gasteiger partial charge in [-0.1, -0.05) is 37.2 Å². The average molecular weight is 271 g/mol. The van der Waals surface area contributed by atoms with Crippen LogP contribution in [0.15, 0.2) is 47.8 Å². The van der Waals surface area contributed by atoms with E-state index in [-0.39, 0.29) is 5.84 Å². The summed E-state index contributed by atoms with van der Waals surface area (Å²) in [5, 5.41) is 11.5. The van der Waals surface area contributed by atoms with E-state index in [0.717, 1.165) is 11.3 Å². The third kappa shape index (κ3) is 3.06. The molecule has 0 atom stereocenters. The minimum atomic E-state index is 0.0200. The minimum absolute atomic E-state index is 0.0200. The number of hydrogen-bond acceptors (Lipinski definition) is 4. The van der Waals surface area contributed by atoms with Crippen molar-refractivity contribution in [3.63, 3.8) is 0 Å². The molecule has 5 nitrogen and oxygen atoms in total. The van der Waals surface area contributed by atoms with Gasteiger partial charge in [0, 0.05) is 17.8 Å². The highest BCUT2D eigenvalue weighted by Crippen LogP contribution is 2.29. The van der Waals surface area contributed by atoms with Crippen LogP contribution in [-0.2, 0) is 0 Å². The van der Waals surface area contributed by atoms with Crippen molar-refractivity contribution in [1.29, 1.82) is 0 Å². The largest absolute Gasteiger partial charge is 0.439 e. The van der Waals surface area contributed by atoms with Crippen molar-refractivity contribution in [2.75, 3.05) is 0 Å². The number of rotatable bonds is 4. The standard InChI is InChI=1S/C15H17N3O2/c1-10(2)12-5-3-4-6-13(12)20-14-8-7-11(9-17-14)15(16)18-19/h3-10,19H,1-2H3,(H2,16,18). The zero-order valence-electron chi connectivity index (χ0n) is 11.4. The van der Waals surface area contributed by atoms with Crippen LogP contribution < -0.4 is 10.5 Å². The van der Waals surface area contributed by atoms with E-state index < -0.39 is 0 Å². The van der Waals surface area contributed by atoms with Gasteiger partial charge in [0.2, 0.25) is 5.88 Å². The number of aromatic nitrogens is 1. The van der Waals surface area contributed by atoms with Crippen molar-refractivity contribution in [2.24, 2.45) is 10.9 Å². The summed E-state index contributed by atoms with van der Waals surface area (Å²) in [7, 11) is 0. The summed E-state index contributed by atoms with van der Waals surface area (Å²) >= 11 is 0. The third-order valence-electron chi connectivity index (χ3n) is 2.90. The third-order valence-corrected chi connectivity index (χ3v) is 2.90. The van der Waals surface area contributed by atoms with Gasteiger partial charge in [-0.3, -0.25) is 0 Å². The Hall–Kier alpha value is -2.56. The molecular formula is C15H17N3O2. The predicted molar refractivity (Wildman–Crippen MR) is 77.4 cm³/mol. The zero-order valence-corrected chi connectivity index (χ0v) is 11.4. The molecule has 0 radical (unpaired) electrons. The van der Waals surface area contributed by atoms with Gasteiger partial charge < -0.3 is 15.7 Å². The number of nitrogens with two attached hydrogens (primary N) is 1. The lowest BCUT2D eigenvalue weighted by molar-refractivity contribution is 0.318. The minimum Gasteiger partial charge on any atom is -0.439 e. The number of benzene rings is 1. The molecule has 1 heterocycles. The summed E-state index contributed by atoms with van der Waals surface area (Å²) in [5.41, 5.74) is 7.14. The van der Waals surface area contributed by atoms with Crippen LogP contribution in [0.4, 0.5) is 0 Å². The van der Waals surface area contributed by atoms with Gasteiger partial charge in [0.1, 0.15) is 5.75 Å². The Bertz CT molecular complexity index is 607. The zero-order chi connectivity index (χ0) is 14.5. The van der Waals surface area contributed by atoms with Gasteiger partial charge in [-0.15, -0.1) is 0 Å². The summed E-state index contributed by atoms with van der Waals surface area (Å²) in [6.45, 7) is 4.22. The molecule has 0 saturated carbocycles. The molecule has 2 aromatic rings. The second-order valence-electron chi connectivity index (χ2n) is 4.66. The molecule has 0 unspecified atom stereocenters. The van der Waals surface area contributed by atoms with Crippen molar-refractivity contribution in [1.82, 2.24) is 4.98 Å². The Labute approximate surface area is 117 Å². The van der Waals surface area contributed by atoms with Crippen molar-refractivity contribution >= 4 is 5.84 Å². The normalized spacial score (nSPS) is 11.7. The molecule has 3 N–H and O–H groups in total. The fraction of sp³-hybridized carbons (Fsp3) is 0.200. The molecule has 104 valence electrons. The predicted octanol–water partition coefficient (Wildman–Crippen LogP) is 3.09. The van der Waals surface area contributed by atoms with Crippen LogP contribution in [0.2, 0.25) is 0 Å². The van der Waals surface area contributed by atoms with Crippen LogP contribution in [-0.4, -0.2) is 16.0 Å². The molecule has 1 aromatic carbocycles. The molecule has 2 rings (SSSR count). The van der Waals surface area contributed by atoms with Gasteiger partial charge in [-0.25, -0.2) is 4.98 Å². The van der Waals surface area contributed by atoms with Gasteiger partial charge in [0.05, 0.1) is 0 Å². The van der Waals surface area contributed by atoms with Crippen LogP contribution in [0, 0.1) is 0 Å². The van der Waals surface area contributed by atoms with Crippen molar-refractivity contribution < 1.29 is 9.94 Å². The fourth-order valence-electron chi connectivity index (χ4n) is 1.81. The lowest BCUT2D eigenvalue weighted by Gasteiger charge is -2.12. The van der Waals surface area contributed by atoms with Crippen molar-refractivity contribution in [2.45, 2.75) is 19.8 Å². The van der Waals surface area contributed by atoms with Crippen LogP contribution in [0.25, 0.3) is 0 Å². The smallest absolute Gasteiger partial charge is 0.219 e. The summed E-state index contributed by atoms with van der Waals surface area (Å²) in [6, 6.07) is 11.2. The van der Waals surface area contributed by atoms with E-state index in [2.05, 4.69) is 24.0 Å². The molecule has 0 spiro atoms. The first-order chi connectivity index (χ1) is 9.61. The van der Waals surface area contributed by atoms with Crippen LogP contribution in [0.5, 0.6) is 11.6 Å². The molecule has 5 heteroatoms. The van der Waals surface area contributed by atoms with Crippen molar-refractivity contribution in [3.8, 4) is 11.6 Å². The first-order valence-electron chi connectivity index (χ1n) is 6.32. The maximum atomic E-state index is 8.59. The monoisotopic (exact) mass is 271 g/mol. The maximum Gasteiger partial charge on any atom is 0.219 e. The van der Waals surface area contributed by atoms with Gasteiger partial charge in [-0.2, -0.15) is 0 Å². The van der Waals surface area contributed by atoms with Gasteiger partial charge in [0.25, 0.3) is 0 Å². The van der Waals surface area contributed by atoms with E-state index in [9.17, 15) is 0 Å². The molecule has 20 heavy (non-hydrogen) atoms. The first kappa shape index (κ1) is 13.9. The molecule has 0 aliphatic carbocycles. The number of nitrogens with zero attached hydrogens (tertiary/aromatic N) is 2. The number of para-hydroxylation sites is 1. The Morgan fingerprint density at radius 2 is 2.00 bits per heavy atom. The molecule has 0 amide bonds. The Morgan fingerprint density at radius 1 is 1.25 bits per heavy atom. The Balaban J connectivity index is 2.23. The number of pyridine rings is 1. The average Bonchev–Trinajstić information content (AvgIpc) is 2.47. The lowest BCUT2D eigenvalue weighted by atomic mass is 10.0. The van der Waals surface area contributed by atoms with E-state index in [1.807, 2.05) is 24.3 Å².